The van der Waals surface area contributed by atoms with E-state index in [1.54, 1.807) is 20.0 Å². The molecule has 0 saturated carbocycles. The highest BCUT2D eigenvalue weighted by molar-refractivity contribution is 7.80. The van der Waals surface area contributed by atoms with Crippen molar-refractivity contribution in [3.63, 3.8) is 0 Å². The molecule has 0 radical (unpaired) electrons. The summed E-state index contributed by atoms with van der Waals surface area (Å²) in [5, 5.41) is 17.6. The lowest BCUT2D eigenvalue weighted by Gasteiger charge is -2.27. The SMILES string of the molecule is CCC(C)C(NC(=O)C(CS)NC(=O)C(N)Cc1c[nH]c2ccccc12)C(=O)NC(CC(N)=O)C(=O)O. The predicted octanol–water partition coefficient (Wildman–Crippen LogP) is -0.572. The van der Waals surface area contributed by atoms with Crippen molar-refractivity contribution in [3.8, 4) is 0 Å². The number of rotatable bonds is 14. The fraction of sp³-hybridized carbons (Fsp3) is 0.458. The zero-order chi connectivity index (χ0) is 27.7. The number of benzene rings is 1. The number of thiol groups is 1. The molecule has 4 amide bonds. The van der Waals surface area contributed by atoms with Gasteiger partial charge in [0.25, 0.3) is 0 Å². The monoisotopic (exact) mass is 534 g/mol. The molecular formula is C24H34N6O6S. The molecule has 202 valence electrons. The molecule has 2 aromatic rings. The molecule has 0 aliphatic rings. The topological polar surface area (TPSA) is 209 Å². The minimum Gasteiger partial charge on any atom is -0.480 e. The summed E-state index contributed by atoms with van der Waals surface area (Å²) in [7, 11) is 0. The number of amides is 4. The van der Waals surface area contributed by atoms with Gasteiger partial charge in [-0.05, 0) is 24.0 Å². The number of nitrogens with one attached hydrogen (secondary N) is 4. The number of aliphatic carboxylic acids is 1. The number of carboxylic acids is 1. The molecule has 1 aromatic heterocycles. The van der Waals surface area contributed by atoms with Crippen molar-refractivity contribution in [2.24, 2.45) is 17.4 Å². The molecular weight excluding hydrogens is 500 g/mol. The summed E-state index contributed by atoms with van der Waals surface area (Å²) in [5.41, 5.74) is 12.9. The van der Waals surface area contributed by atoms with E-state index in [4.69, 9.17) is 11.5 Å². The van der Waals surface area contributed by atoms with E-state index < -0.39 is 66.1 Å². The molecule has 1 aromatic carbocycles. The normalized spacial score (nSPS) is 15.1. The molecule has 2 rings (SSSR count). The van der Waals surface area contributed by atoms with Gasteiger partial charge in [0.2, 0.25) is 23.6 Å². The average Bonchev–Trinajstić information content (AvgIpc) is 3.26. The Morgan fingerprint density at radius 2 is 1.68 bits per heavy atom. The van der Waals surface area contributed by atoms with Crippen LogP contribution in [0.15, 0.2) is 30.5 Å². The van der Waals surface area contributed by atoms with Crippen molar-refractivity contribution in [2.45, 2.75) is 57.3 Å². The number of aromatic nitrogens is 1. The number of carboxylic acid groups (broad SMARTS) is 1. The second-order valence-electron chi connectivity index (χ2n) is 8.86. The van der Waals surface area contributed by atoms with Crippen molar-refractivity contribution in [3.05, 3.63) is 36.0 Å². The van der Waals surface area contributed by atoms with Crippen LogP contribution in [0, 0.1) is 5.92 Å². The Bertz CT molecular complexity index is 1140. The molecule has 5 unspecified atom stereocenters. The molecule has 0 fully saturated rings. The Kier molecular flexibility index (Phi) is 10.9. The van der Waals surface area contributed by atoms with Gasteiger partial charge in [0.05, 0.1) is 12.5 Å². The first-order valence-corrected chi connectivity index (χ1v) is 12.4. The molecule has 0 aliphatic carbocycles. The van der Waals surface area contributed by atoms with Gasteiger partial charge in [-0.25, -0.2) is 4.79 Å². The Hall–Kier alpha value is -3.58. The van der Waals surface area contributed by atoms with E-state index in [1.807, 2.05) is 24.3 Å². The number of primary amides is 1. The van der Waals surface area contributed by atoms with E-state index in [0.29, 0.717) is 6.42 Å². The van der Waals surface area contributed by atoms with Crippen molar-refractivity contribution in [2.75, 3.05) is 5.75 Å². The zero-order valence-electron chi connectivity index (χ0n) is 20.7. The fourth-order valence-corrected chi connectivity index (χ4v) is 3.98. The summed E-state index contributed by atoms with van der Waals surface area (Å²) < 4.78 is 0. The molecule has 0 saturated heterocycles. The number of fused-ring (bicyclic) bond motifs is 1. The lowest BCUT2D eigenvalue weighted by molar-refractivity contribution is -0.144. The number of para-hydroxylation sites is 1. The third-order valence-corrected chi connectivity index (χ3v) is 6.45. The summed E-state index contributed by atoms with van der Waals surface area (Å²) in [6, 6.07) is 2.85. The highest BCUT2D eigenvalue weighted by Crippen LogP contribution is 2.19. The fourth-order valence-electron chi connectivity index (χ4n) is 3.72. The minimum atomic E-state index is -1.55. The highest BCUT2D eigenvalue weighted by atomic mass is 32.1. The lowest BCUT2D eigenvalue weighted by Crippen LogP contribution is -2.59. The van der Waals surface area contributed by atoms with Crippen LogP contribution in [0.5, 0.6) is 0 Å². The molecule has 0 spiro atoms. The van der Waals surface area contributed by atoms with E-state index in [9.17, 15) is 29.1 Å². The average molecular weight is 535 g/mol. The quantitative estimate of drug-likeness (QED) is 0.148. The summed E-state index contributed by atoms with van der Waals surface area (Å²) in [6.07, 6.45) is 1.87. The van der Waals surface area contributed by atoms with Crippen LogP contribution in [0.1, 0.15) is 32.3 Å². The Labute approximate surface area is 219 Å². The summed E-state index contributed by atoms with van der Waals surface area (Å²) in [6.45, 7) is 3.48. The molecule has 0 bridgehead atoms. The third-order valence-electron chi connectivity index (χ3n) is 6.08. The van der Waals surface area contributed by atoms with E-state index in [1.165, 1.54) is 0 Å². The van der Waals surface area contributed by atoms with Gasteiger partial charge in [-0.3, -0.25) is 19.2 Å². The standard InChI is InChI=1S/C24H34N6O6S/c1-3-12(2)20(23(34)28-17(24(35)36)9-19(26)31)30-22(33)18(11-37)29-21(32)15(25)8-13-10-27-16-7-5-4-6-14(13)16/h4-7,10,12,15,17-18,20,27,37H,3,8-9,11,25H2,1-2H3,(H2,26,31)(H,28,34)(H,29,32)(H,30,33)(H,35,36). The molecule has 12 nitrogen and oxygen atoms in total. The van der Waals surface area contributed by atoms with Crippen LogP contribution in [-0.4, -0.2) is 69.6 Å². The van der Waals surface area contributed by atoms with Crippen molar-refractivity contribution in [1.29, 1.82) is 0 Å². The van der Waals surface area contributed by atoms with Gasteiger partial charge in [0.15, 0.2) is 0 Å². The summed E-state index contributed by atoms with van der Waals surface area (Å²) >= 11 is 4.15. The second kappa shape index (κ2) is 13.7. The van der Waals surface area contributed by atoms with E-state index in [0.717, 1.165) is 16.5 Å². The maximum atomic E-state index is 13.0. The lowest BCUT2D eigenvalue weighted by atomic mass is 9.97. The third kappa shape index (κ3) is 8.22. The molecule has 1 heterocycles. The minimum absolute atomic E-state index is 0.0777. The summed E-state index contributed by atoms with van der Waals surface area (Å²) in [5.74, 6) is -4.87. The number of carbonyl (C=O) groups is 5. The first-order valence-electron chi connectivity index (χ1n) is 11.8. The Balaban J connectivity index is 2.06. The number of aromatic amines is 1. The van der Waals surface area contributed by atoms with E-state index in [2.05, 4.69) is 33.6 Å². The van der Waals surface area contributed by atoms with Gasteiger partial charge in [-0.1, -0.05) is 38.5 Å². The first-order chi connectivity index (χ1) is 17.5. The van der Waals surface area contributed by atoms with Crippen LogP contribution in [0.3, 0.4) is 0 Å². The van der Waals surface area contributed by atoms with Gasteiger partial charge in [0.1, 0.15) is 18.1 Å². The predicted molar refractivity (Wildman–Crippen MR) is 141 cm³/mol. The van der Waals surface area contributed by atoms with Crippen LogP contribution in [0.4, 0.5) is 0 Å². The van der Waals surface area contributed by atoms with Gasteiger partial charge in [0, 0.05) is 22.9 Å². The first kappa shape index (κ1) is 29.6. The van der Waals surface area contributed by atoms with Gasteiger partial charge in [-0.2, -0.15) is 12.6 Å². The van der Waals surface area contributed by atoms with Crippen LogP contribution in [0.2, 0.25) is 0 Å². The molecule has 9 N–H and O–H groups in total. The number of hydrogen-bond donors (Lipinski definition) is 8. The van der Waals surface area contributed by atoms with Gasteiger partial charge in [-0.15, -0.1) is 0 Å². The zero-order valence-corrected chi connectivity index (χ0v) is 21.6. The Morgan fingerprint density at radius 3 is 2.27 bits per heavy atom. The van der Waals surface area contributed by atoms with Crippen molar-refractivity contribution >= 4 is 53.1 Å². The van der Waals surface area contributed by atoms with Crippen LogP contribution in [-0.2, 0) is 30.4 Å². The largest absolute Gasteiger partial charge is 0.480 e. The molecule has 5 atom stereocenters. The summed E-state index contributed by atoms with van der Waals surface area (Å²) in [4.78, 5) is 64.2. The number of hydrogen-bond acceptors (Lipinski definition) is 7. The number of carbonyl (C=O) groups excluding carboxylic acids is 4. The Morgan fingerprint density at radius 1 is 1.03 bits per heavy atom. The van der Waals surface area contributed by atoms with Gasteiger partial charge < -0.3 is 37.5 Å². The van der Waals surface area contributed by atoms with Crippen molar-refractivity contribution in [1.82, 2.24) is 20.9 Å². The van der Waals surface area contributed by atoms with Crippen LogP contribution >= 0.6 is 12.6 Å². The van der Waals surface area contributed by atoms with Crippen LogP contribution < -0.4 is 27.4 Å². The molecule has 0 aliphatic heterocycles. The molecule has 13 heteroatoms. The number of nitrogens with two attached hydrogens (primary N) is 2. The maximum absolute atomic E-state index is 13.0. The van der Waals surface area contributed by atoms with Crippen molar-refractivity contribution < 1.29 is 29.1 Å². The highest BCUT2D eigenvalue weighted by Gasteiger charge is 2.33. The van der Waals surface area contributed by atoms with Crippen LogP contribution in [0.25, 0.3) is 10.9 Å². The molecule has 37 heavy (non-hydrogen) atoms. The van der Waals surface area contributed by atoms with E-state index >= 15 is 0 Å². The van der Waals surface area contributed by atoms with Gasteiger partial charge >= 0.3 is 5.97 Å². The maximum Gasteiger partial charge on any atom is 0.326 e. The van der Waals surface area contributed by atoms with E-state index in [-0.39, 0.29) is 12.2 Å². The smallest absolute Gasteiger partial charge is 0.326 e. The number of H-pyrrole nitrogens is 1. The second-order valence-corrected chi connectivity index (χ2v) is 9.22.